The molecule has 9 nitrogen and oxygen atoms in total. The van der Waals surface area contributed by atoms with Gasteiger partial charge in [-0.3, -0.25) is 9.69 Å². The number of likely N-dealkylation sites (tertiary alicyclic amines) is 1. The number of nitrogens with two attached hydrogens (primary N) is 1. The third-order valence-corrected chi connectivity index (χ3v) is 7.60. The summed E-state index contributed by atoms with van der Waals surface area (Å²) in [6.07, 6.45) is 3.47. The highest BCUT2D eigenvalue weighted by Gasteiger charge is 2.26. The first-order valence-electron chi connectivity index (χ1n) is 10.5. The lowest BCUT2D eigenvalue weighted by Crippen LogP contribution is -2.50. The molecule has 2 aromatic rings. The van der Waals surface area contributed by atoms with E-state index < -0.39 is 9.84 Å². The molecule has 2 saturated heterocycles. The van der Waals surface area contributed by atoms with Crippen molar-refractivity contribution >= 4 is 27.5 Å². The molecule has 31 heavy (non-hydrogen) atoms. The van der Waals surface area contributed by atoms with Crippen molar-refractivity contribution in [2.45, 2.75) is 29.6 Å². The number of benzene rings is 1. The van der Waals surface area contributed by atoms with Gasteiger partial charge in [-0.1, -0.05) is 12.1 Å². The van der Waals surface area contributed by atoms with Crippen molar-refractivity contribution in [3.05, 3.63) is 36.0 Å². The number of amides is 1. The fourth-order valence-electron chi connectivity index (χ4n) is 4.01. The number of piperazine rings is 1. The Hall–Kier alpha value is -2.72. The van der Waals surface area contributed by atoms with Crippen molar-refractivity contribution in [3.63, 3.8) is 0 Å². The molecule has 2 aliphatic rings. The molecule has 1 amide bonds. The van der Waals surface area contributed by atoms with Gasteiger partial charge in [0.15, 0.2) is 0 Å². The van der Waals surface area contributed by atoms with Crippen LogP contribution in [0.2, 0.25) is 0 Å². The van der Waals surface area contributed by atoms with E-state index in [-0.39, 0.29) is 21.5 Å². The molecule has 3 heterocycles. The van der Waals surface area contributed by atoms with Gasteiger partial charge in [0.25, 0.3) is 0 Å². The molecule has 2 aliphatic heterocycles. The second-order valence-corrected chi connectivity index (χ2v) is 10.0. The Morgan fingerprint density at radius 1 is 1.10 bits per heavy atom. The van der Waals surface area contributed by atoms with Crippen molar-refractivity contribution in [1.29, 1.82) is 0 Å². The van der Waals surface area contributed by atoms with E-state index in [1.54, 1.807) is 18.2 Å². The van der Waals surface area contributed by atoms with E-state index in [1.807, 2.05) is 22.8 Å². The lowest BCUT2D eigenvalue weighted by Gasteiger charge is -2.35. The third kappa shape index (κ3) is 4.64. The average molecular weight is 445 g/mol. The molecule has 1 aromatic carbocycles. The fourth-order valence-corrected chi connectivity index (χ4v) is 5.37. The minimum absolute atomic E-state index is 0.0573. The molecular formula is C21H28N6O3S. The Labute approximate surface area is 182 Å². The number of sulfone groups is 1. The largest absolute Gasteiger partial charge is 0.382 e. The average Bonchev–Trinajstić information content (AvgIpc) is 3.29. The lowest BCUT2D eigenvalue weighted by molar-refractivity contribution is -0.131. The topological polar surface area (TPSA) is 113 Å². The second kappa shape index (κ2) is 8.80. The number of rotatable bonds is 5. The summed E-state index contributed by atoms with van der Waals surface area (Å²) in [6.45, 7) is 6.73. The summed E-state index contributed by atoms with van der Waals surface area (Å²) in [4.78, 5) is 27.0. The molecule has 0 aliphatic carbocycles. The van der Waals surface area contributed by atoms with Gasteiger partial charge in [-0.25, -0.2) is 13.4 Å². The van der Waals surface area contributed by atoms with Crippen molar-refractivity contribution in [3.8, 4) is 0 Å². The summed E-state index contributed by atoms with van der Waals surface area (Å²) < 4.78 is 25.9. The normalized spacial score (nSPS) is 17.8. The number of hydrogen-bond acceptors (Lipinski definition) is 8. The molecular weight excluding hydrogens is 416 g/mol. The minimum atomic E-state index is -3.79. The van der Waals surface area contributed by atoms with Gasteiger partial charge in [-0.05, 0) is 37.5 Å². The van der Waals surface area contributed by atoms with E-state index >= 15 is 0 Å². The molecule has 4 rings (SSSR count). The number of carbonyl (C=O) groups is 1. The maximum absolute atomic E-state index is 12.9. The number of carbonyl (C=O) groups excluding carboxylic acids is 1. The predicted molar refractivity (Wildman–Crippen MR) is 118 cm³/mol. The molecule has 0 atom stereocenters. The molecule has 0 radical (unpaired) electrons. The summed E-state index contributed by atoms with van der Waals surface area (Å²) in [7, 11) is -3.79. The van der Waals surface area contributed by atoms with E-state index in [9.17, 15) is 13.2 Å². The number of aromatic nitrogens is 2. The molecule has 2 N–H and O–H groups in total. The Balaban J connectivity index is 1.41. The van der Waals surface area contributed by atoms with Crippen molar-refractivity contribution < 1.29 is 13.2 Å². The van der Waals surface area contributed by atoms with Crippen LogP contribution < -0.4 is 10.6 Å². The SMILES string of the molecule is Cc1cccc(S(=O)(=O)c2cnc(N3CCN(CC(=O)N4CCCC4)CC3)nc2N)c1. The maximum Gasteiger partial charge on any atom is 0.236 e. The second-order valence-electron chi connectivity index (χ2n) is 8.09. The van der Waals surface area contributed by atoms with Crippen LogP contribution in [0.1, 0.15) is 18.4 Å². The monoisotopic (exact) mass is 444 g/mol. The van der Waals surface area contributed by atoms with E-state index in [1.165, 1.54) is 6.20 Å². The van der Waals surface area contributed by atoms with E-state index in [2.05, 4.69) is 14.9 Å². The Bertz CT molecular complexity index is 1060. The summed E-state index contributed by atoms with van der Waals surface area (Å²) in [5.41, 5.74) is 6.88. The zero-order valence-corrected chi connectivity index (χ0v) is 18.5. The number of aryl methyl sites for hydroxylation is 1. The van der Waals surface area contributed by atoms with Crippen molar-refractivity contribution in [2.75, 3.05) is 56.4 Å². The van der Waals surface area contributed by atoms with Crippen LogP contribution in [0.25, 0.3) is 0 Å². The molecule has 0 unspecified atom stereocenters. The summed E-state index contributed by atoms with van der Waals surface area (Å²) in [5, 5.41) is 0. The lowest BCUT2D eigenvalue weighted by atomic mass is 10.2. The molecule has 0 saturated carbocycles. The highest BCUT2D eigenvalue weighted by atomic mass is 32.2. The first-order valence-corrected chi connectivity index (χ1v) is 12.0. The van der Waals surface area contributed by atoms with Gasteiger partial charge >= 0.3 is 0 Å². The van der Waals surface area contributed by atoms with E-state index in [0.717, 1.165) is 31.5 Å². The highest BCUT2D eigenvalue weighted by molar-refractivity contribution is 7.91. The molecule has 10 heteroatoms. The Morgan fingerprint density at radius 3 is 2.45 bits per heavy atom. The zero-order valence-electron chi connectivity index (χ0n) is 17.7. The van der Waals surface area contributed by atoms with Gasteiger partial charge in [-0.2, -0.15) is 4.98 Å². The molecule has 166 valence electrons. The smallest absolute Gasteiger partial charge is 0.236 e. The van der Waals surface area contributed by atoms with Gasteiger partial charge in [0.05, 0.1) is 17.6 Å². The molecule has 0 spiro atoms. The van der Waals surface area contributed by atoms with Crippen LogP contribution in [0, 0.1) is 6.92 Å². The van der Waals surface area contributed by atoms with Gasteiger partial charge < -0.3 is 15.5 Å². The number of nitrogens with zero attached hydrogens (tertiary/aromatic N) is 5. The van der Waals surface area contributed by atoms with Crippen molar-refractivity contribution in [2.24, 2.45) is 0 Å². The summed E-state index contributed by atoms with van der Waals surface area (Å²) >= 11 is 0. The zero-order chi connectivity index (χ0) is 22.0. The van der Waals surface area contributed by atoms with Gasteiger partial charge in [0.1, 0.15) is 10.7 Å². The number of nitrogen functional groups attached to an aromatic ring is 1. The van der Waals surface area contributed by atoms with Gasteiger partial charge in [0.2, 0.25) is 21.7 Å². The standard InChI is InChI=1S/C21H28N6O3S/c1-16-5-4-6-17(13-16)31(29,30)18-14-23-21(24-20(18)22)27-11-9-25(10-12-27)15-19(28)26-7-2-3-8-26/h4-6,13-14H,2-3,7-12,15H2,1H3,(H2,22,23,24). The quantitative estimate of drug-likeness (QED) is 0.725. The van der Waals surface area contributed by atoms with Crippen LogP contribution in [-0.4, -0.2) is 79.9 Å². The first kappa shape index (κ1) is 21.5. The predicted octanol–water partition coefficient (Wildman–Crippen LogP) is 0.944. The third-order valence-electron chi connectivity index (χ3n) is 5.83. The van der Waals surface area contributed by atoms with Crippen LogP contribution >= 0.6 is 0 Å². The fraction of sp³-hybridized carbons (Fsp3) is 0.476. The maximum atomic E-state index is 12.9. The van der Waals surface area contributed by atoms with Crippen LogP contribution in [0.3, 0.4) is 0 Å². The number of hydrogen-bond donors (Lipinski definition) is 1. The molecule has 0 bridgehead atoms. The first-order chi connectivity index (χ1) is 14.8. The van der Waals surface area contributed by atoms with E-state index in [0.29, 0.717) is 38.7 Å². The Kier molecular flexibility index (Phi) is 6.10. The van der Waals surface area contributed by atoms with Gasteiger partial charge in [-0.15, -0.1) is 0 Å². The van der Waals surface area contributed by atoms with Crippen LogP contribution in [0.5, 0.6) is 0 Å². The minimum Gasteiger partial charge on any atom is -0.382 e. The van der Waals surface area contributed by atoms with Gasteiger partial charge in [0, 0.05) is 39.3 Å². The van der Waals surface area contributed by atoms with Crippen LogP contribution in [0.15, 0.2) is 40.3 Å². The summed E-state index contributed by atoms with van der Waals surface area (Å²) in [5.74, 6) is 0.543. The molecule has 2 fully saturated rings. The van der Waals surface area contributed by atoms with Crippen molar-refractivity contribution in [1.82, 2.24) is 19.8 Å². The van der Waals surface area contributed by atoms with Crippen LogP contribution in [-0.2, 0) is 14.6 Å². The molecule has 1 aromatic heterocycles. The number of anilines is 2. The van der Waals surface area contributed by atoms with E-state index in [4.69, 9.17) is 5.73 Å². The highest BCUT2D eigenvalue weighted by Crippen LogP contribution is 2.26. The Morgan fingerprint density at radius 2 is 1.81 bits per heavy atom. The summed E-state index contributed by atoms with van der Waals surface area (Å²) in [6, 6.07) is 6.67. The van der Waals surface area contributed by atoms with Crippen LogP contribution in [0.4, 0.5) is 11.8 Å².